The Labute approximate surface area is 124 Å². The number of aryl methyl sites for hydroxylation is 1. The van der Waals surface area contributed by atoms with Crippen molar-refractivity contribution in [3.8, 4) is 0 Å². The minimum atomic E-state index is -0.262. The third-order valence-corrected chi connectivity index (χ3v) is 3.82. The Bertz CT molecular complexity index is 767. The number of benzene rings is 1. The van der Waals surface area contributed by atoms with Gasteiger partial charge in [-0.25, -0.2) is 9.37 Å². The van der Waals surface area contributed by atoms with Gasteiger partial charge in [-0.15, -0.1) is 0 Å². The number of nitrogens with one attached hydrogen (secondary N) is 1. The fourth-order valence-corrected chi connectivity index (χ4v) is 2.55. The van der Waals surface area contributed by atoms with Gasteiger partial charge in [-0.3, -0.25) is 0 Å². The molecule has 0 bridgehead atoms. The molecule has 0 spiro atoms. The molecular formula is C15H13BrFN3. The number of fused-ring (bicyclic) bond motifs is 1. The average molecular weight is 334 g/mol. The van der Waals surface area contributed by atoms with Crippen LogP contribution in [0.1, 0.15) is 11.4 Å². The summed E-state index contributed by atoms with van der Waals surface area (Å²) in [6, 6.07) is 10.8. The zero-order valence-corrected chi connectivity index (χ0v) is 12.5. The van der Waals surface area contributed by atoms with Gasteiger partial charge in [0, 0.05) is 11.9 Å². The number of aromatic nitrogens is 2. The number of pyridine rings is 1. The van der Waals surface area contributed by atoms with Crippen molar-refractivity contribution >= 4 is 27.3 Å². The Morgan fingerprint density at radius 1 is 1.30 bits per heavy atom. The highest BCUT2D eigenvalue weighted by Crippen LogP contribution is 2.21. The average Bonchev–Trinajstić information content (AvgIpc) is 2.76. The van der Waals surface area contributed by atoms with Gasteiger partial charge >= 0.3 is 0 Å². The number of hydrogen-bond donors (Lipinski definition) is 1. The number of rotatable bonds is 3. The van der Waals surface area contributed by atoms with Crippen LogP contribution in [0.25, 0.3) is 5.65 Å². The molecule has 0 saturated carbocycles. The zero-order chi connectivity index (χ0) is 14.1. The van der Waals surface area contributed by atoms with Crippen molar-refractivity contribution in [3.63, 3.8) is 0 Å². The minimum Gasteiger partial charge on any atom is -0.379 e. The molecule has 3 rings (SSSR count). The van der Waals surface area contributed by atoms with E-state index in [0.717, 1.165) is 22.7 Å². The smallest absolute Gasteiger partial charge is 0.137 e. The number of imidazole rings is 1. The maximum atomic E-state index is 13.2. The van der Waals surface area contributed by atoms with Crippen molar-refractivity contribution in [1.29, 1.82) is 0 Å². The molecule has 0 radical (unpaired) electrons. The van der Waals surface area contributed by atoms with Crippen molar-refractivity contribution in [2.75, 3.05) is 5.32 Å². The molecule has 3 aromatic rings. The van der Waals surface area contributed by atoms with E-state index in [9.17, 15) is 4.39 Å². The van der Waals surface area contributed by atoms with Crippen LogP contribution in [0.15, 0.2) is 47.1 Å². The fraction of sp³-hybridized carbons (Fsp3) is 0.133. The molecule has 20 heavy (non-hydrogen) atoms. The van der Waals surface area contributed by atoms with Gasteiger partial charge in [-0.05, 0) is 53.2 Å². The monoisotopic (exact) mass is 333 g/mol. The molecule has 0 unspecified atom stereocenters. The third kappa shape index (κ3) is 2.41. The summed E-state index contributed by atoms with van der Waals surface area (Å²) >= 11 is 3.19. The van der Waals surface area contributed by atoms with Gasteiger partial charge in [-0.1, -0.05) is 6.07 Å². The summed E-state index contributed by atoms with van der Waals surface area (Å²) in [5.74, 6) is -0.262. The summed E-state index contributed by atoms with van der Waals surface area (Å²) in [6.45, 7) is 2.62. The van der Waals surface area contributed by atoms with Gasteiger partial charge in [0.2, 0.25) is 0 Å². The van der Waals surface area contributed by atoms with Crippen LogP contribution >= 0.6 is 15.9 Å². The second-order valence-corrected chi connectivity index (χ2v) is 5.41. The molecule has 1 aromatic carbocycles. The Kier molecular flexibility index (Phi) is 3.44. The molecule has 0 amide bonds. The highest BCUT2D eigenvalue weighted by molar-refractivity contribution is 9.10. The lowest BCUT2D eigenvalue weighted by molar-refractivity contribution is 0.621. The molecule has 1 N–H and O–H groups in total. The highest BCUT2D eigenvalue weighted by Gasteiger charge is 2.08. The van der Waals surface area contributed by atoms with Crippen molar-refractivity contribution in [2.24, 2.45) is 0 Å². The van der Waals surface area contributed by atoms with Crippen molar-refractivity contribution in [2.45, 2.75) is 13.5 Å². The predicted octanol–water partition coefficient (Wildman–Crippen LogP) is 4.16. The van der Waals surface area contributed by atoms with E-state index < -0.39 is 0 Å². The second-order valence-electron chi connectivity index (χ2n) is 4.56. The maximum absolute atomic E-state index is 13.2. The first-order valence-electron chi connectivity index (χ1n) is 6.26. The van der Waals surface area contributed by atoms with E-state index in [1.165, 1.54) is 6.07 Å². The van der Waals surface area contributed by atoms with E-state index in [1.807, 2.05) is 31.3 Å². The normalized spacial score (nSPS) is 10.9. The van der Waals surface area contributed by atoms with Crippen molar-refractivity contribution in [1.82, 2.24) is 9.38 Å². The topological polar surface area (TPSA) is 29.3 Å². The largest absolute Gasteiger partial charge is 0.379 e. The van der Waals surface area contributed by atoms with Gasteiger partial charge in [0.25, 0.3) is 0 Å². The third-order valence-electron chi connectivity index (χ3n) is 3.21. The molecule has 0 aliphatic rings. The second kappa shape index (κ2) is 5.25. The van der Waals surface area contributed by atoms with Gasteiger partial charge in [0.05, 0.1) is 22.4 Å². The first kappa shape index (κ1) is 13.1. The predicted molar refractivity (Wildman–Crippen MR) is 81.4 cm³/mol. The molecule has 0 saturated heterocycles. The van der Waals surface area contributed by atoms with E-state index in [1.54, 1.807) is 12.1 Å². The Morgan fingerprint density at radius 3 is 2.95 bits per heavy atom. The van der Waals surface area contributed by atoms with Crippen LogP contribution < -0.4 is 5.32 Å². The van der Waals surface area contributed by atoms with Crippen LogP contribution in [-0.4, -0.2) is 9.38 Å². The van der Waals surface area contributed by atoms with Gasteiger partial charge in [0.15, 0.2) is 0 Å². The summed E-state index contributed by atoms with van der Waals surface area (Å²) < 4.78 is 15.7. The SMILES string of the molecule is Cc1nc2ccccn2c1CNc1ccc(F)c(Br)c1. The Balaban J connectivity index is 1.86. The van der Waals surface area contributed by atoms with Gasteiger partial charge < -0.3 is 9.72 Å². The summed E-state index contributed by atoms with van der Waals surface area (Å²) in [6.07, 6.45) is 1.99. The van der Waals surface area contributed by atoms with E-state index in [-0.39, 0.29) is 5.82 Å². The quantitative estimate of drug-likeness (QED) is 0.779. The van der Waals surface area contributed by atoms with Crippen molar-refractivity contribution < 1.29 is 4.39 Å². The first-order chi connectivity index (χ1) is 9.65. The fourth-order valence-electron chi connectivity index (χ4n) is 2.17. The summed E-state index contributed by atoms with van der Waals surface area (Å²) in [5.41, 5.74) is 3.89. The van der Waals surface area contributed by atoms with Gasteiger partial charge in [-0.2, -0.15) is 0 Å². The molecular weight excluding hydrogens is 321 g/mol. The van der Waals surface area contributed by atoms with Crippen LogP contribution in [0.4, 0.5) is 10.1 Å². The van der Waals surface area contributed by atoms with Crippen LogP contribution in [0, 0.1) is 12.7 Å². The molecule has 102 valence electrons. The lowest BCUT2D eigenvalue weighted by Gasteiger charge is -2.08. The van der Waals surface area contributed by atoms with Gasteiger partial charge in [0.1, 0.15) is 11.5 Å². The Morgan fingerprint density at radius 2 is 2.15 bits per heavy atom. The van der Waals surface area contributed by atoms with Crippen molar-refractivity contribution in [3.05, 3.63) is 64.3 Å². The molecule has 2 aromatic heterocycles. The summed E-state index contributed by atoms with van der Waals surface area (Å²) in [7, 11) is 0. The molecule has 2 heterocycles. The van der Waals surface area contributed by atoms with E-state index in [2.05, 4.69) is 30.6 Å². The van der Waals surface area contributed by atoms with E-state index in [0.29, 0.717) is 11.0 Å². The number of halogens is 2. The maximum Gasteiger partial charge on any atom is 0.137 e. The molecule has 5 heteroatoms. The molecule has 0 atom stereocenters. The highest BCUT2D eigenvalue weighted by atomic mass is 79.9. The van der Waals surface area contributed by atoms with E-state index in [4.69, 9.17) is 0 Å². The summed E-state index contributed by atoms with van der Waals surface area (Å²) in [5, 5.41) is 3.29. The van der Waals surface area contributed by atoms with Crippen LogP contribution in [0.5, 0.6) is 0 Å². The Hall–Kier alpha value is -1.88. The van der Waals surface area contributed by atoms with E-state index >= 15 is 0 Å². The lowest BCUT2D eigenvalue weighted by Crippen LogP contribution is -2.04. The molecule has 3 nitrogen and oxygen atoms in total. The minimum absolute atomic E-state index is 0.262. The number of nitrogens with zero attached hydrogens (tertiary/aromatic N) is 2. The standard InChI is InChI=1S/C15H13BrFN3/c1-10-14(20-7-3-2-4-15(20)19-10)9-18-11-5-6-13(17)12(16)8-11/h2-8,18H,9H2,1H3. The van der Waals surface area contributed by atoms with Crippen LogP contribution in [0.2, 0.25) is 0 Å². The number of anilines is 1. The zero-order valence-electron chi connectivity index (χ0n) is 10.9. The van der Waals surface area contributed by atoms with Crippen LogP contribution in [-0.2, 0) is 6.54 Å². The first-order valence-corrected chi connectivity index (χ1v) is 7.06. The van der Waals surface area contributed by atoms with Crippen LogP contribution in [0.3, 0.4) is 0 Å². The lowest BCUT2D eigenvalue weighted by atomic mass is 10.3. The molecule has 0 aliphatic carbocycles. The number of hydrogen-bond acceptors (Lipinski definition) is 2. The summed E-state index contributed by atoms with van der Waals surface area (Å²) in [4.78, 5) is 4.51. The molecule has 0 fully saturated rings. The molecule has 0 aliphatic heterocycles.